The smallest absolute Gasteiger partial charge is 0.160 e. The van der Waals surface area contributed by atoms with Crippen molar-refractivity contribution in [1.82, 2.24) is 9.97 Å². The summed E-state index contributed by atoms with van der Waals surface area (Å²) in [6.45, 7) is 0. The van der Waals surface area contributed by atoms with Crippen LogP contribution in [0.15, 0.2) is 228 Å². The lowest BCUT2D eigenvalue weighted by molar-refractivity contribution is 0.724. The van der Waals surface area contributed by atoms with Gasteiger partial charge >= 0.3 is 0 Å². The molecule has 9 aromatic carbocycles. The Labute approximate surface area is 353 Å². The van der Waals surface area contributed by atoms with E-state index in [2.05, 4.69) is 206 Å². The standard InChI is InChI=1S/C57H36N2S/c1-3-15-37(16-4-1)52-36-53(38-17-5-2-6-18-38)59-56(58-52)45-24-14-23-41(32-45)39-21-13-22-40(31-39)44-29-30-50-54(35-44)60-55-34-43-20-8-7-19-42(43)33-51(55)57(50)48-27-11-9-25-46(48)47-26-10-12-28-49(47)57/h1-36H. The van der Waals surface area contributed by atoms with Gasteiger partial charge in [0.25, 0.3) is 0 Å². The minimum atomic E-state index is -0.422. The lowest BCUT2D eigenvalue weighted by atomic mass is 9.67. The van der Waals surface area contributed by atoms with E-state index < -0.39 is 5.41 Å². The number of hydrogen-bond donors (Lipinski definition) is 0. The van der Waals surface area contributed by atoms with Crippen molar-refractivity contribution in [3.63, 3.8) is 0 Å². The van der Waals surface area contributed by atoms with Crippen LogP contribution in [0.2, 0.25) is 0 Å². The zero-order valence-electron chi connectivity index (χ0n) is 32.6. The van der Waals surface area contributed by atoms with Crippen molar-refractivity contribution in [3.8, 4) is 67.3 Å². The molecule has 280 valence electrons. The van der Waals surface area contributed by atoms with Crippen LogP contribution in [0.5, 0.6) is 0 Å². The molecule has 10 aromatic rings. The Morgan fingerprint density at radius 2 is 0.767 bits per heavy atom. The first-order chi connectivity index (χ1) is 29.7. The summed E-state index contributed by atoms with van der Waals surface area (Å²) in [7, 11) is 0. The molecule has 2 heterocycles. The summed E-state index contributed by atoms with van der Waals surface area (Å²) >= 11 is 1.90. The van der Waals surface area contributed by atoms with Gasteiger partial charge in [-0.05, 0) is 103 Å². The van der Waals surface area contributed by atoms with E-state index in [0.717, 1.165) is 39.2 Å². The zero-order chi connectivity index (χ0) is 39.6. The van der Waals surface area contributed by atoms with Gasteiger partial charge in [0, 0.05) is 26.5 Å². The van der Waals surface area contributed by atoms with Gasteiger partial charge in [0.05, 0.1) is 16.8 Å². The molecule has 0 unspecified atom stereocenters. The van der Waals surface area contributed by atoms with Crippen molar-refractivity contribution >= 4 is 22.5 Å². The third kappa shape index (κ3) is 5.51. The maximum atomic E-state index is 5.12. The summed E-state index contributed by atoms with van der Waals surface area (Å²) in [6, 6.07) is 79.3. The molecule has 0 bridgehead atoms. The summed E-state index contributed by atoms with van der Waals surface area (Å²) in [5.41, 5.74) is 17.2. The van der Waals surface area contributed by atoms with Gasteiger partial charge in [-0.2, -0.15) is 0 Å². The molecular formula is C57H36N2S. The van der Waals surface area contributed by atoms with Gasteiger partial charge in [-0.15, -0.1) is 0 Å². The SMILES string of the molecule is c1ccc(-c2cc(-c3ccccc3)nc(-c3cccc(-c4cccc(-c5ccc6c(c5)Sc5cc7ccccc7cc5C65c6ccccc6-c6ccccc65)c4)c3)n2)cc1. The molecule has 12 rings (SSSR count). The number of rotatable bonds is 5. The maximum absolute atomic E-state index is 5.12. The third-order valence-corrected chi connectivity index (χ3v) is 13.4. The molecule has 2 aliphatic rings. The summed E-state index contributed by atoms with van der Waals surface area (Å²) in [4.78, 5) is 12.8. The van der Waals surface area contributed by atoms with Crippen molar-refractivity contribution in [2.24, 2.45) is 0 Å². The third-order valence-electron chi connectivity index (χ3n) is 12.3. The monoisotopic (exact) mass is 780 g/mol. The molecule has 0 fully saturated rings. The quantitative estimate of drug-likeness (QED) is 0.174. The van der Waals surface area contributed by atoms with Crippen LogP contribution in [0.3, 0.4) is 0 Å². The highest BCUT2D eigenvalue weighted by Gasteiger charge is 2.50. The minimum absolute atomic E-state index is 0.422. The molecule has 0 amide bonds. The normalized spacial score (nSPS) is 13.1. The minimum Gasteiger partial charge on any atom is -0.228 e. The molecule has 1 spiro atoms. The van der Waals surface area contributed by atoms with Gasteiger partial charge in [0.2, 0.25) is 0 Å². The van der Waals surface area contributed by atoms with Crippen LogP contribution in [0.1, 0.15) is 22.3 Å². The van der Waals surface area contributed by atoms with Crippen molar-refractivity contribution < 1.29 is 0 Å². The Balaban J connectivity index is 0.970. The van der Waals surface area contributed by atoms with Crippen LogP contribution in [-0.4, -0.2) is 9.97 Å². The fourth-order valence-electron chi connectivity index (χ4n) is 9.58. The topological polar surface area (TPSA) is 25.8 Å². The number of fused-ring (bicyclic) bond motifs is 10. The Morgan fingerprint density at radius 3 is 1.38 bits per heavy atom. The lowest BCUT2D eigenvalue weighted by Gasteiger charge is -2.40. The summed E-state index contributed by atoms with van der Waals surface area (Å²) < 4.78 is 0. The van der Waals surface area contributed by atoms with Crippen molar-refractivity contribution in [2.45, 2.75) is 15.2 Å². The summed E-state index contributed by atoms with van der Waals surface area (Å²) in [5, 5.41) is 2.53. The Kier molecular flexibility index (Phi) is 8.04. The van der Waals surface area contributed by atoms with E-state index >= 15 is 0 Å². The van der Waals surface area contributed by atoms with E-state index in [9.17, 15) is 0 Å². The van der Waals surface area contributed by atoms with Crippen LogP contribution in [0.25, 0.3) is 78.1 Å². The van der Waals surface area contributed by atoms with Gasteiger partial charge in [0.15, 0.2) is 5.82 Å². The van der Waals surface area contributed by atoms with E-state index in [1.54, 1.807) is 0 Å². The van der Waals surface area contributed by atoms with E-state index in [4.69, 9.17) is 9.97 Å². The highest BCUT2D eigenvalue weighted by molar-refractivity contribution is 7.99. The van der Waals surface area contributed by atoms with Gasteiger partial charge < -0.3 is 0 Å². The molecule has 60 heavy (non-hydrogen) atoms. The van der Waals surface area contributed by atoms with E-state index in [1.807, 2.05) is 23.9 Å². The van der Waals surface area contributed by atoms with Crippen LogP contribution < -0.4 is 0 Å². The largest absolute Gasteiger partial charge is 0.228 e. The fourth-order valence-corrected chi connectivity index (χ4v) is 10.8. The Morgan fingerprint density at radius 1 is 0.300 bits per heavy atom. The average Bonchev–Trinajstić information content (AvgIpc) is 3.62. The van der Waals surface area contributed by atoms with Gasteiger partial charge in [-0.3, -0.25) is 0 Å². The lowest BCUT2D eigenvalue weighted by Crippen LogP contribution is -2.32. The number of nitrogens with zero attached hydrogens (tertiary/aromatic N) is 2. The van der Waals surface area contributed by atoms with Crippen LogP contribution in [0.4, 0.5) is 0 Å². The van der Waals surface area contributed by atoms with Crippen molar-refractivity contribution in [1.29, 1.82) is 0 Å². The van der Waals surface area contributed by atoms with E-state index in [0.29, 0.717) is 5.82 Å². The van der Waals surface area contributed by atoms with Gasteiger partial charge in [0.1, 0.15) is 0 Å². The molecule has 0 atom stereocenters. The van der Waals surface area contributed by atoms with E-state index in [-0.39, 0.29) is 0 Å². The molecule has 2 nitrogen and oxygen atoms in total. The maximum Gasteiger partial charge on any atom is 0.160 e. The van der Waals surface area contributed by atoms with Gasteiger partial charge in [-0.25, -0.2) is 9.97 Å². The highest BCUT2D eigenvalue weighted by atomic mass is 32.2. The molecule has 1 aromatic heterocycles. The number of aromatic nitrogens is 2. The summed E-state index contributed by atoms with van der Waals surface area (Å²) in [5.74, 6) is 0.706. The molecule has 3 heteroatoms. The molecule has 1 aliphatic heterocycles. The molecular weight excluding hydrogens is 745 g/mol. The highest BCUT2D eigenvalue weighted by Crippen LogP contribution is 2.62. The van der Waals surface area contributed by atoms with E-state index in [1.165, 1.54) is 65.1 Å². The molecule has 1 aliphatic carbocycles. The van der Waals surface area contributed by atoms with Gasteiger partial charge in [-0.1, -0.05) is 194 Å². The first-order valence-electron chi connectivity index (χ1n) is 20.5. The Hall–Kier alpha value is -7.33. The molecule has 0 N–H and O–H groups in total. The molecule has 0 radical (unpaired) electrons. The molecule has 0 saturated heterocycles. The number of hydrogen-bond acceptors (Lipinski definition) is 3. The van der Waals surface area contributed by atoms with Crippen LogP contribution in [0, 0.1) is 0 Å². The fraction of sp³-hybridized carbons (Fsp3) is 0.0175. The number of benzene rings is 9. The molecule has 0 saturated carbocycles. The second-order valence-electron chi connectivity index (χ2n) is 15.7. The Bertz CT molecular complexity index is 3190. The van der Waals surface area contributed by atoms with Crippen molar-refractivity contribution in [3.05, 3.63) is 241 Å². The predicted octanol–water partition coefficient (Wildman–Crippen LogP) is 14.8. The summed E-state index contributed by atoms with van der Waals surface area (Å²) in [6.07, 6.45) is 0. The first-order valence-corrected chi connectivity index (χ1v) is 21.3. The second-order valence-corrected chi connectivity index (χ2v) is 16.8. The van der Waals surface area contributed by atoms with Crippen LogP contribution in [-0.2, 0) is 5.41 Å². The second kappa shape index (κ2) is 13.9. The average molecular weight is 781 g/mol. The predicted molar refractivity (Wildman–Crippen MR) is 248 cm³/mol. The van der Waals surface area contributed by atoms with Crippen LogP contribution >= 0.6 is 11.8 Å². The zero-order valence-corrected chi connectivity index (χ0v) is 33.4. The van der Waals surface area contributed by atoms with Crippen molar-refractivity contribution in [2.75, 3.05) is 0 Å². The first kappa shape index (κ1) is 34.7.